The number of nitrogens with one attached hydrogen (secondary N) is 2. The summed E-state index contributed by atoms with van der Waals surface area (Å²) in [7, 11) is 4.20. The molecule has 0 atom stereocenters. The van der Waals surface area contributed by atoms with Crippen LogP contribution in [0.3, 0.4) is 0 Å². The first kappa shape index (κ1) is 15.8. The second-order valence-electron chi connectivity index (χ2n) is 5.95. The first-order valence-electron chi connectivity index (χ1n) is 7.74. The number of hydrogen-bond acceptors (Lipinski definition) is 4. The summed E-state index contributed by atoms with van der Waals surface area (Å²) < 4.78 is 0. The van der Waals surface area contributed by atoms with Crippen molar-refractivity contribution in [1.29, 1.82) is 0 Å². The maximum atomic E-state index is 12.3. The number of carbonyl (C=O) groups excluding carboxylic acids is 1. The molecule has 2 rings (SSSR count). The summed E-state index contributed by atoms with van der Waals surface area (Å²) in [6.45, 7) is 3.49. The molecule has 2 N–H and O–H groups in total. The zero-order valence-corrected chi connectivity index (χ0v) is 13.3. The fourth-order valence-corrected chi connectivity index (χ4v) is 2.99. The highest BCUT2D eigenvalue weighted by Crippen LogP contribution is 2.33. The normalized spacial score (nSPS) is 17.0. The number of hydrogen-bond donors (Lipinski definition) is 2. The molecular weight excluding hydrogens is 264 g/mol. The van der Waals surface area contributed by atoms with Gasteiger partial charge in [-0.15, -0.1) is 0 Å². The minimum atomic E-state index is -0.0946. The number of aromatic nitrogens is 1. The molecule has 1 aromatic rings. The van der Waals surface area contributed by atoms with Gasteiger partial charge >= 0.3 is 0 Å². The van der Waals surface area contributed by atoms with Gasteiger partial charge in [0.05, 0.1) is 0 Å². The van der Waals surface area contributed by atoms with E-state index in [-0.39, 0.29) is 11.4 Å². The number of likely N-dealkylation sites (N-methyl/N-ethyl adjacent to an activating group) is 1. The van der Waals surface area contributed by atoms with Crippen molar-refractivity contribution in [3.8, 4) is 0 Å². The minimum absolute atomic E-state index is 0.0946. The second kappa shape index (κ2) is 6.89. The van der Waals surface area contributed by atoms with E-state index in [1.807, 2.05) is 19.1 Å². The van der Waals surface area contributed by atoms with E-state index < -0.39 is 0 Å². The predicted molar refractivity (Wildman–Crippen MR) is 85.6 cm³/mol. The van der Waals surface area contributed by atoms with E-state index in [0.717, 1.165) is 25.2 Å². The molecule has 0 aliphatic heterocycles. The number of pyridine rings is 1. The van der Waals surface area contributed by atoms with E-state index in [9.17, 15) is 4.79 Å². The van der Waals surface area contributed by atoms with E-state index in [2.05, 4.69) is 34.6 Å². The van der Waals surface area contributed by atoms with Crippen molar-refractivity contribution in [1.82, 2.24) is 15.2 Å². The molecule has 116 valence electrons. The fourth-order valence-electron chi connectivity index (χ4n) is 2.99. The third kappa shape index (κ3) is 3.73. The standard InChI is InChI=1S/C16H26N4O/c1-4-17-14-9-7-8-13(19-14)15(21)18-12-16(20(2)3)10-5-6-11-16/h7-9H,4-6,10-12H2,1-3H3,(H,17,19)(H,18,21). The topological polar surface area (TPSA) is 57.3 Å². The molecule has 5 heteroatoms. The maximum absolute atomic E-state index is 12.3. The van der Waals surface area contributed by atoms with Crippen LogP contribution in [0, 0.1) is 0 Å². The lowest BCUT2D eigenvalue weighted by atomic mass is 9.96. The van der Waals surface area contributed by atoms with Gasteiger partial charge in [-0.1, -0.05) is 18.9 Å². The lowest BCUT2D eigenvalue weighted by Gasteiger charge is -2.36. The number of amides is 1. The van der Waals surface area contributed by atoms with Crippen molar-refractivity contribution in [2.24, 2.45) is 0 Å². The summed E-state index contributed by atoms with van der Waals surface area (Å²) in [4.78, 5) is 18.9. The van der Waals surface area contributed by atoms with Crippen LogP contribution in [-0.2, 0) is 0 Å². The highest BCUT2D eigenvalue weighted by Gasteiger charge is 2.36. The molecule has 0 bridgehead atoms. The smallest absolute Gasteiger partial charge is 0.270 e. The van der Waals surface area contributed by atoms with Gasteiger partial charge in [-0.2, -0.15) is 0 Å². The summed E-state index contributed by atoms with van der Waals surface area (Å²) in [6.07, 6.45) is 4.76. The van der Waals surface area contributed by atoms with Crippen LogP contribution >= 0.6 is 0 Å². The van der Waals surface area contributed by atoms with Gasteiger partial charge in [-0.25, -0.2) is 4.98 Å². The van der Waals surface area contributed by atoms with Crippen molar-refractivity contribution < 1.29 is 4.79 Å². The van der Waals surface area contributed by atoms with Gasteiger partial charge in [-0.3, -0.25) is 4.79 Å². The molecular formula is C16H26N4O. The monoisotopic (exact) mass is 290 g/mol. The van der Waals surface area contributed by atoms with Crippen LogP contribution < -0.4 is 10.6 Å². The molecule has 1 saturated carbocycles. The van der Waals surface area contributed by atoms with E-state index in [0.29, 0.717) is 12.2 Å². The van der Waals surface area contributed by atoms with Crippen molar-refractivity contribution in [2.45, 2.75) is 38.1 Å². The third-order valence-corrected chi connectivity index (χ3v) is 4.40. The zero-order valence-electron chi connectivity index (χ0n) is 13.3. The first-order valence-corrected chi connectivity index (χ1v) is 7.74. The van der Waals surface area contributed by atoms with Gasteiger partial charge in [-0.05, 0) is 46.0 Å². The van der Waals surface area contributed by atoms with Gasteiger partial charge in [0.1, 0.15) is 11.5 Å². The fraction of sp³-hybridized carbons (Fsp3) is 0.625. The summed E-state index contributed by atoms with van der Waals surface area (Å²) in [5.41, 5.74) is 0.579. The highest BCUT2D eigenvalue weighted by atomic mass is 16.1. The second-order valence-corrected chi connectivity index (χ2v) is 5.95. The van der Waals surface area contributed by atoms with Crippen molar-refractivity contribution >= 4 is 11.7 Å². The Morgan fingerprint density at radius 1 is 1.33 bits per heavy atom. The Bertz CT molecular complexity index is 481. The van der Waals surface area contributed by atoms with Crippen molar-refractivity contribution in [2.75, 3.05) is 32.5 Å². The molecule has 1 aromatic heterocycles. The van der Waals surface area contributed by atoms with Crippen LogP contribution in [0.5, 0.6) is 0 Å². The molecule has 5 nitrogen and oxygen atoms in total. The average molecular weight is 290 g/mol. The SMILES string of the molecule is CCNc1cccc(C(=O)NCC2(N(C)C)CCCC2)n1. The molecule has 0 aromatic carbocycles. The minimum Gasteiger partial charge on any atom is -0.370 e. The summed E-state index contributed by atoms with van der Waals surface area (Å²) in [6, 6.07) is 5.49. The summed E-state index contributed by atoms with van der Waals surface area (Å²) >= 11 is 0. The Hall–Kier alpha value is -1.62. The van der Waals surface area contributed by atoms with Crippen LogP contribution in [0.1, 0.15) is 43.1 Å². The molecule has 21 heavy (non-hydrogen) atoms. The molecule has 1 heterocycles. The van der Waals surface area contributed by atoms with Crippen molar-refractivity contribution in [3.63, 3.8) is 0 Å². The molecule has 1 fully saturated rings. The summed E-state index contributed by atoms with van der Waals surface area (Å²) in [5.74, 6) is 0.649. The zero-order chi connectivity index (χ0) is 15.3. The molecule has 1 aliphatic carbocycles. The van der Waals surface area contributed by atoms with Gasteiger partial charge in [0.15, 0.2) is 0 Å². The predicted octanol–water partition coefficient (Wildman–Crippen LogP) is 2.12. The molecule has 1 aliphatic rings. The number of rotatable bonds is 6. The van der Waals surface area contributed by atoms with Gasteiger partial charge in [0.25, 0.3) is 5.91 Å². The van der Waals surface area contributed by atoms with E-state index in [1.165, 1.54) is 12.8 Å². The maximum Gasteiger partial charge on any atom is 0.270 e. The number of carbonyl (C=O) groups is 1. The first-order chi connectivity index (χ1) is 10.1. The number of nitrogens with zero attached hydrogens (tertiary/aromatic N) is 2. The van der Waals surface area contributed by atoms with Gasteiger partial charge in [0.2, 0.25) is 0 Å². The highest BCUT2D eigenvalue weighted by molar-refractivity contribution is 5.92. The van der Waals surface area contributed by atoms with Crippen LogP contribution in [0.25, 0.3) is 0 Å². The molecule has 0 radical (unpaired) electrons. The Morgan fingerprint density at radius 2 is 2.05 bits per heavy atom. The Kier molecular flexibility index (Phi) is 5.17. The average Bonchev–Trinajstić information content (AvgIpc) is 2.96. The molecule has 0 unspecified atom stereocenters. The van der Waals surface area contributed by atoms with E-state index in [1.54, 1.807) is 6.07 Å². The van der Waals surface area contributed by atoms with E-state index in [4.69, 9.17) is 0 Å². The quantitative estimate of drug-likeness (QED) is 0.842. The Morgan fingerprint density at radius 3 is 2.67 bits per heavy atom. The van der Waals surface area contributed by atoms with Crippen LogP contribution in [0.4, 0.5) is 5.82 Å². The molecule has 0 saturated heterocycles. The lowest BCUT2D eigenvalue weighted by Crippen LogP contribution is -2.50. The van der Waals surface area contributed by atoms with Crippen molar-refractivity contribution in [3.05, 3.63) is 23.9 Å². The Labute approximate surface area is 127 Å². The van der Waals surface area contributed by atoms with E-state index >= 15 is 0 Å². The Balaban J connectivity index is 1.99. The van der Waals surface area contributed by atoms with Gasteiger partial charge in [0, 0.05) is 18.6 Å². The van der Waals surface area contributed by atoms with Crippen LogP contribution in [-0.4, -0.2) is 48.5 Å². The largest absolute Gasteiger partial charge is 0.370 e. The van der Waals surface area contributed by atoms with Gasteiger partial charge < -0.3 is 15.5 Å². The number of anilines is 1. The lowest BCUT2D eigenvalue weighted by molar-refractivity contribution is 0.0895. The van der Waals surface area contributed by atoms with Crippen LogP contribution in [0.15, 0.2) is 18.2 Å². The summed E-state index contributed by atoms with van der Waals surface area (Å²) in [5, 5.41) is 6.19. The van der Waals surface area contributed by atoms with Crippen LogP contribution in [0.2, 0.25) is 0 Å². The molecule has 1 amide bonds. The molecule has 0 spiro atoms. The third-order valence-electron chi connectivity index (χ3n) is 4.40.